The Morgan fingerprint density at radius 1 is 1.50 bits per heavy atom. The number of aromatic nitrogens is 2. The van der Waals surface area contributed by atoms with Gasteiger partial charge in [0.05, 0.1) is 29.2 Å². The minimum atomic E-state index is 0.677. The Bertz CT molecular complexity index is 462. The van der Waals surface area contributed by atoms with Gasteiger partial charge in [0.1, 0.15) is 5.76 Å². The molecule has 2 heterocycles. The smallest absolute Gasteiger partial charge is 0.117 e. The molecule has 2 rings (SSSR count). The summed E-state index contributed by atoms with van der Waals surface area (Å²) in [6.45, 7) is 3.27. The molecule has 2 aromatic rings. The van der Waals surface area contributed by atoms with Crippen molar-refractivity contribution in [3.8, 4) is 0 Å². The zero-order valence-corrected chi connectivity index (χ0v) is 10.1. The largest absolute Gasteiger partial charge is 0.468 e. The molecule has 5 heteroatoms. The van der Waals surface area contributed by atoms with Crippen LogP contribution in [0.15, 0.2) is 22.8 Å². The molecular weight excluding hydrogens is 226 g/mol. The van der Waals surface area contributed by atoms with E-state index in [2.05, 4.69) is 10.4 Å². The second-order valence-electron chi connectivity index (χ2n) is 3.65. The number of hydrogen-bond acceptors (Lipinski definition) is 3. The molecule has 0 aromatic carbocycles. The van der Waals surface area contributed by atoms with Gasteiger partial charge in [-0.2, -0.15) is 5.10 Å². The van der Waals surface area contributed by atoms with E-state index in [-0.39, 0.29) is 0 Å². The zero-order chi connectivity index (χ0) is 11.5. The molecule has 2 aromatic heterocycles. The number of furan rings is 1. The van der Waals surface area contributed by atoms with Crippen LogP contribution < -0.4 is 5.32 Å². The maximum atomic E-state index is 6.13. The van der Waals surface area contributed by atoms with E-state index in [0.29, 0.717) is 13.1 Å². The van der Waals surface area contributed by atoms with Crippen molar-refractivity contribution in [2.24, 2.45) is 7.05 Å². The minimum absolute atomic E-state index is 0.677. The number of aryl methyl sites for hydroxylation is 2. The summed E-state index contributed by atoms with van der Waals surface area (Å²) >= 11 is 6.13. The standard InChI is InChI=1S/C11H14ClN3O/c1-8-11(12)10(15(2)14-8)7-13-6-9-4-3-5-16-9/h3-5,13H,6-7H2,1-2H3. The van der Waals surface area contributed by atoms with Crippen molar-refractivity contribution >= 4 is 11.6 Å². The molecule has 0 unspecified atom stereocenters. The Morgan fingerprint density at radius 2 is 2.31 bits per heavy atom. The first kappa shape index (κ1) is 11.2. The maximum absolute atomic E-state index is 6.13. The average Bonchev–Trinajstić information content (AvgIpc) is 2.82. The van der Waals surface area contributed by atoms with Crippen LogP contribution in [0.5, 0.6) is 0 Å². The predicted octanol–water partition coefficient (Wildman–Crippen LogP) is 2.26. The molecule has 1 N–H and O–H groups in total. The van der Waals surface area contributed by atoms with Crippen LogP contribution in [-0.4, -0.2) is 9.78 Å². The van der Waals surface area contributed by atoms with E-state index in [9.17, 15) is 0 Å². The lowest BCUT2D eigenvalue weighted by Gasteiger charge is -2.04. The Kier molecular flexibility index (Phi) is 3.31. The fraction of sp³-hybridized carbons (Fsp3) is 0.364. The summed E-state index contributed by atoms with van der Waals surface area (Å²) in [5.74, 6) is 0.912. The second-order valence-corrected chi connectivity index (χ2v) is 4.03. The summed E-state index contributed by atoms with van der Waals surface area (Å²) in [6.07, 6.45) is 1.66. The maximum Gasteiger partial charge on any atom is 0.117 e. The summed E-state index contributed by atoms with van der Waals surface area (Å²) in [5, 5.41) is 8.24. The van der Waals surface area contributed by atoms with E-state index in [1.165, 1.54) is 0 Å². The van der Waals surface area contributed by atoms with Gasteiger partial charge in [-0.05, 0) is 19.1 Å². The van der Waals surface area contributed by atoms with Crippen molar-refractivity contribution in [2.75, 3.05) is 0 Å². The van der Waals surface area contributed by atoms with Crippen LogP contribution in [0, 0.1) is 6.92 Å². The molecule has 0 saturated carbocycles. The fourth-order valence-corrected chi connectivity index (χ4v) is 1.82. The molecule has 0 spiro atoms. The van der Waals surface area contributed by atoms with Crippen molar-refractivity contribution in [3.63, 3.8) is 0 Å². The van der Waals surface area contributed by atoms with Crippen LogP contribution >= 0.6 is 11.6 Å². The third kappa shape index (κ3) is 2.28. The molecule has 0 aliphatic heterocycles. The Morgan fingerprint density at radius 3 is 2.88 bits per heavy atom. The lowest BCUT2D eigenvalue weighted by Crippen LogP contribution is -2.15. The average molecular weight is 240 g/mol. The van der Waals surface area contributed by atoms with Gasteiger partial charge < -0.3 is 9.73 Å². The van der Waals surface area contributed by atoms with Crippen molar-refractivity contribution in [1.82, 2.24) is 15.1 Å². The quantitative estimate of drug-likeness (QED) is 0.890. The lowest BCUT2D eigenvalue weighted by molar-refractivity contribution is 0.479. The molecule has 0 fully saturated rings. The van der Waals surface area contributed by atoms with Gasteiger partial charge in [0.2, 0.25) is 0 Å². The van der Waals surface area contributed by atoms with Crippen LogP contribution in [0.1, 0.15) is 17.1 Å². The van der Waals surface area contributed by atoms with Crippen molar-refractivity contribution < 1.29 is 4.42 Å². The summed E-state index contributed by atoms with van der Waals surface area (Å²) in [6, 6.07) is 3.81. The monoisotopic (exact) mass is 239 g/mol. The Labute approximate surface area is 99.2 Å². The first-order chi connectivity index (χ1) is 7.68. The molecule has 0 aliphatic rings. The van der Waals surface area contributed by atoms with Gasteiger partial charge in [-0.3, -0.25) is 4.68 Å². The van der Waals surface area contributed by atoms with Gasteiger partial charge >= 0.3 is 0 Å². The zero-order valence-electron chi connectivity index (χ0n) is 9.33. The van der Waals surface area contributed by atoms with Crippen LogP contribution in [0.3, 0.4) is 0 Å². The van der Waals surface area contributed by atoms with Crippen LogP contribution in [-0.2, 0) is 20.1 Å². The molecular formula is C11H14ClN3O. The minimum Gasteiger partial charge on any atom is -0.468 e. The van der Waals surface area contributed by atoms with Gasteiger partial charge in [0.25, 0.3) is 0 Å². The summed E-state index contributed by atoms with van der Waals surface area (Å²) < 4.78 is 7.02. The highest BCUT2D eigenvalue weighted by Crippen LogP contribution is 2.18. The number of nitrogens with zero attached hydrogens (tertiary/aromatic N) is 2. The van der Waals surface area contributed by atoms with Gasteiger partial charge in [-0.1, -0.05) is 11.6 Å². The molecule has 86 valence electrons. The van der Waals surface area contributed by atoms with Gasteiger partial charge in [-0.15, -0.1) is 0 Å². The van der Waals surface area contributed by atoms with E-state index in [4.69, 9.17) is 16.0 Å². The highest BCUT2D eigenvalue weighted by atomic mass is 35.5. The third-order valence-electron chi connectivity index (χ3n) is 2.43. The normalized spacial score (nSPS) is 10.9. The van der Waals surface area contributed by atoms with Gasteiger partial charge in [0.15, 0.2) is 0 Å². The topological polar surface area (TPSA) is 43.0 Å². The third-order valence-corrected chi connectivity index (χ3v) is 2.93. The molecule has 0 aliphatic carbocycles. The molecule has 0 radical (unpaired) electrons. The van der Waals surface area contributed by atoms with Crippen LogP contribution in [0.4, 0.5) is 0 Å². The summed E-state index contributed by atoms with van der Waals surface area (Å²) in [4.78, 5) is 0. The van der Waals surface area contributed by atoms with Gasteiger partial charge in [-0.25, -0.2) is 0 Å². The Balaban J connectivity index is 1.95. The number of rotatable bonds is 4. The Hall–Kier alpha value is -1.26. The molecule has 16 heavy (non-hydrogen) atoms. The van der Waals surface area contributed by atoms with Crippen molar-refractivity contribution in [1.29, 1.82) is 0 Å². The molecule has 0 amide bonds. The molecule has 4 nitrogen and oxygen atoms in total. The summed E-state index contributed by atoms with van der Waals surface area (Å²) in [7, 11) is 1.89. The highest BCUT2D eigenvalue weighted by molar-refractivity contribution is 6.31. The first-order valence-electron chi connectivity index (χ1n) is 5.09. The number of nitrogens with one attached hydrogen (secondary N) is 1. The number of halogens is 1. The van der Waals surface area contributed by atoms with Crippen molar-refractivity contribution in [2.45, 2.75) is 20.0 Å². The van der Waals surface area contributed by atoms with E-state index in [1.807, 2.05) is 26.1 Å². The van der Waals surface area contributed by atoms with E-state index in [1.54, 1.807) is 10.9 Å². The van der Waals surface area contributed by atoms with Crippen LogP contribution in [0.25, 0.3) is 0 Å². The predicted molar refractivity (Wildman–Crippen MR) is 62.2 cm³/mol. The van der Waals surface area contributed by atoms with E-state index < -0.39 is 0 Å². The molecule has 0 bridgehead atoms. The van der Waals surface area contributed by atoms with E-state index >= 15 is 0 Å². The number of hydrogen-bond donors (Lipinski definition) is 1. The highest BCUT2D eigenvalue weighted by Gasteiger charge is 2.10. The summed E-state index contributed by atoms with van der Waals surface area (Å²) in [5.41, 5.74) is 1.85. The fourth-order valence-electron chi connectivity index (χ4n) is 1.59. The van der Waals surface area contributed by atoms with Gasteiger partial charge in [0, 0.05) is 13.6 Å². The SMILES string of the molecule is Cc1nn(C)c(CNCc2ccco2)c1Cl. The van der Waals surface area contributed by atoms with Crippen molar-refractivity contribution in [3.05, 3.63) is 40.6 Å². The second kappa shape index (κ2) is 4.72. The molecule has 0 saturated heterocycles. The van der Waals surface area contributed by atoms with E-state index in [0.717, 1.165) is 22.2 Å². The lowest BCUT2D eigenvalue weighted by atomic mass is 10.3. The first-order valence-corrected chi connectivity index (χ1v) is 5.47. The molecule has 0 atom stereocenters. The van der Waals surface area contributed by atoms with Crippen LogP contribution in [0.2, 0.25) is 5.02 Å².